The Bertz CT molecular complexity index is 954. The number of fused-ring (bicyclic) bond motifs is 1. The van der Waals surface area contributed by atoms with Crippen molar-refractivity contribution in [3.63, 3.8) is 0 Å². The van der Waals surface area contributed by atoms with Crippen LogP contribution in [-0.4, -0.2) is 38.6 Å². The Morgan fingerprint density at radius 1 is 1.03 bits per heavy atom. The Hall–Kier alpha value is -2.86. The van der Waals surface area contributed by atoms with Crippen molar-refractivity contribution in [3.05, 3.63) is 53.1 Å². The van der Waals surface area contributed by atoms with Crippen LogP contribution in [0.5, 0.6) is 11.5 Å². The second-order valence-corrected chi connectivity index (χ2v) is 7.86. The maximum Gasteiger partial charge on any atom is 0.292 e. The minimum Gasteiger partial charge on any atom is -0.493 e. The molecule has 2 amide bonds. The largest absolute Gasteiger partial charge is 0.493 e. The molecule has 2 aliphatic heterocycles. The first-order chi connectivity index (χ1) is 13.9. The number of rotatable bonds is 4. The molecule has 1 N–H and O–H groups in total. The first-order valence-electron chi connectivity index (χ1n) is 9.98. The van der Waals surface area contributed by atoms with Crippen molar-refractivity contribution in [1.29, 1.82) is 0 Å². The first kappa shape index (κ1) is 19.5. The fourth-order valence-corrected chi connectivity index (χ4v) is 4.61. The number of imide groups is 1. The molecule has 0 aromatic heterocycles. The van der Waals surface area contributed by atoms with Gasteiger partial charge in [-0.3, -0.25) is 9.59 Å². The van der Waals surface area contributed by atoms with Gasteiger partial charge in [0.1, 0.15) is 6.04 Å². The molecule has 2 aromatic carbocycles. The predicted octanol–water partition coefficient (Wildman–Crippen LogP) is 1.85. The summed E-state index contributed by atoms with van der Waals surface area (Å²) in [7, 11) is 3.26. The van der Waals surface area contributed by atoms with E-state index in [0.29, 0.717) is 11.4 Å². The number of nitrogens with one attached hydrogen (secondary N) is 1. The molecule has 1 saturated heterocycles. The molecular weight excluding hydrogens is 368 g/mol. The van der Waals surface area contributed by atoms with Gasteiger partial charge in [0.15, 0.2) is 17.5 Å². The summed E-state index contributed by atoms with van der Waals surface area (Å²) < 4.78 is 10.9. The number of amides is 2. The molecule has 4 rings (SSSR count). The highest BCUT2D eigenvalue weighted by atomic mass is 16.5. The van der Waals surface area contributed by atoms with Gasteiger partial charge in [-0.05, 0) is 43.7 Å². The van der Waals surface area contributed by atoms with E-state index in [9.17, 15) is 9.59 Å². The summed E-state index contributed by atoms with van der Waals surface area (Å²) in [6.07, 6.45) is 1.08. The Labute approximate surface area is 171 Å². The minimum absolute atomic E-state index is 0.0817. The Kier molecular flexibility index (Phi) is 5.04. The molecule has 152 valence electrons. The second kappa shape index (κ2) is 7.52. The highest BCUT2D eigenvalue weighted by Gasteiger charge is 2.48. The first-order valence-corrected chi connectivity index (χ1v) is 9.98. The summed E-state index contributed by atoms with van der Waals surface area (Å²) >= 11 is 0. The normalized spacial score (nSPS) is 23.9. The van der Waals surface area contributed by atoms with E-state index >= 15 is 0 Å². The number of carbonyl (C=O) groups excluding carboxylic acids is 2. The van der Waals surface area contributed by atoms with E-state index in [1.54, 1.807) is 14.2 Å². The van der Waals surface area contributed by atoms with Crippen molar-refractivity contribution >= 4 is 17.5 Å². The molecule has 0 saturated carbocycles. The van der Waals surface area contributed by atoms with Crippen molar-refractivity contribution in [2.24, 2.45) is 0 Å². The van der Waals surface area contributed by atoms with E-state index in [1.165, 1.54) is 10.5 Å². The van der Waals surface area contributed by atoms with Crippen molar-refractivity contribution in [1.82, 2.24) is 0 Å². The summed E-state index contributed by atoms with van der Waals surface area (Å²) in [5.74, 6) is 1.18. The molecule has 0 spiro atoms. The molecule has 6 nitrogen and oxygen atoms in total. The SMILES string of the molecule is COc1cc2c(cc1OC)[C@H](C)[NH+]([C@@H]1CC(=O)N(c3ccc(C)cc3)C1=O)CC2. The molecule has 3 atom stereocenters. The number of aryl methyl sites for hydroxylation is 1. The zero-order chi connectivity index (χ0) is 20.7. The molecule has 1 fully saturated rings. The summed E-state index contributed by atoms with van der Waals surface area (Å²) in [4.78, 5) is 28.4. The molecule has 2 aromatic rings. The third kappa shape index (κ3) is 3.27. The van der Waals surface area contributed by atoms with E-state index in [-0.39, 0.29) is 30.3 Å². The lowest BCUT2D eigenvalue weighted by atomic mass is 9.91. The average molecular weight is 395 g/mol. The number of ether oxygens (including phenoxy) is 2. The number of methoxy groups -OCH3 is 2. The zero-order valence-corrected chi connectivity index (χ0v) is 17.3. The topological polar surface area (TPSA) is 60.3 Å². The zero-order valence-electron chi connectivity index (χ0n) is 17.3. The van der Waals surface area contributed by atoms with E-state index in [2.05, 4.69) is 6.92 Å². The number of carbonyl (C=O) groups is 2. The highest BCUT2D eigenvalue weighted by molar-refractivity contribution is 6.21. The van der Waals surface area contributed by atoms with Gasteiger partial charge in [-0.15, -0.1) is 0 Å². The van der Waals surface area contributed by atoms with Crippen molar-refractivity contribution in [3.8, 4) is 11.5 Å². The minimum atomic E-state index is -0.361. The number of hydrogen-bond acceptors (Lipinski definition) is 4. The van der Waals surface area contributed by atoms with Gasteiger partial charge in [-0.1, -0.05) is 17.7 Å². The number of hydrogen-bond donors (Lipinski definition) is 1. The smallest absolute Gasteiger partial charge is 0.292 e. The van der Waals surface area contributed by atoms with Gasteiger partial charge in [0, 0.05) is 12.0 Å². The van der Waals surface area contributed by atoms with E-state index in [4.69, 9.17) is 9.47 Å². The molecule has 0 aliphatic carbocycles. The van der Waals surface area contributed by atoms with Crippen LogP contribution in [0.15, 0.2) is 36.4 Å². The fourth-order valence-electron chi connectivity index (χ4n) is 4.61. The molecule has 0 radical (unpaired) electrons. The molecule has 29 heavy (non-hydrogen) atoms. The summed E-state index contributed by atoms with van der Waals surface area (Å²) in [6.45, 7) is 4.90. The van der Waals surface area contributed by atoms with Crippen LogP contribution in [0, 0.1) is 6.92 Å². The summed E-state index contributed by atoms with van der Waals surface area (Å²) in [6, 6.07) is 11.3. The third-order valence-electron chi connectivity index (χ3n) is 6.24. The van der Waals surface area contributed by atoms with Gasteiger partial charge in [0.05, 0.1) is 32.9 Å². The van der Waals surface area contributed by atoms with Gasteiger partial charge >= 0.3 is 0 Å². The van der Waals surface area contributed by atoms with E-state index in [1.807, 2.05) is 43.3 Å². The van der Waals surface area contributed by atoms with Crippen molar-refractivity contribution < 1.29 is 24.0 Å². The van der Waals surface area contributed by atoms with Gasteiger partial charge in [-0.25, -0.2) is 4.90 Å². The van der Waals surface area contributed by atoms with Crippen LogP contribution in [0.4, 0.5) is 5.69 Å². The van der Waals surface area contributed by atoms with Crippen LogP contribution in [0.1, 0.15) is 36.1 Å². The summed E-state index contributed by atoms with van der Waals surface area (Å²) in [5, 5.41) is 0. The standard InChI is InChI=1S/C23H26N2O4/c1-14-5-7-17(8-6-14)25-22(26)13-19(23(25)27)24-10-9-16-11-20(28-3)21(29-4)12-18(16)15(24)2/h5-8,11-12,15,19H,9-10,13H2,1-4H3/p+1/t15-,19+/m0/s1. The van der Waals surface area contributed by atoms with Crippen molar-refractivity contribution in [2.75, 3.05) is 25.7 Å². The van der Waals surface area contributed by atoms with Crippen molar-refractivity contribution in [2.45, 2.75) is 38.8 Å². The van der Waals surface area contributed by atoms with Crippen LogP contribution in [-0.2, 0) is 16.0 Å². The predicted molar refractivity (Wildman–Crippen MR) is 110 cm³/mol. The van der Waals surface area contributed by atoms with Gasteiger partial charge in [0.25, 0.3) is 5.91 Å². The number of quaternary nitrogens is 1. The fraction of sp³-hybridized carbons (Fsp3) is 0.391. The number of nitrogens with zero attached hydrogens (tertiary/aromatic N) is 1. The van der Waals surface area contributed by atoms with Crippen LogP contribution >= 0.6 is 0 Å². The van der Waals surface area contributed by atoms with Crippen LogP contribution in [0.3, 0.4) is 0 Å². The summed E-state index contributed by atoms with van der Waals surface area (Å²) in [5.41, 5.74) is 4.12. The van der Waals surface area contributed by atoms with Gasteiger partial charge < -0.3 is 14.4 Å². The van der Waals surface area contributed by atoms with E-state index < -0.39 is 0 Å². The molecule has 0 bridgehead atoms. The highest BCUT2D eigenvalue weighted by Crippen LogP contribution is 2.34. The lowest BCUT2D eigenvalue weighted by Gasteiger charge is -2.35. The molecular formula is C23H27N2O4+. The maximum atomic E-state index is 13.2. The quantitative estimate of drug-likeness (QED) is 0.803. The molecule has 2 heterocycles. The average Bonchev–Trinajstić information content (AvgIpc) is 3.02. The van der Waals surface area contributed by atoms with Crippen LogP contribution < -0.4 is 19.3 Å². The molecule has 2 aliphatic rings. The lowest BCUT2D eigenvalue weighted by molar-refractivity contribution is -0.946. The van der Waals surface area contributed by atoms with Gasteiger partial charge in [0.2, 0.25) is 5.91 Å². The third-order valence-corrected chi connectivity index (χ3v) is 6.24. The number of anilines is 1. The van der Waals surface area contributed by atoms with Gasteiger partial charge in [-0.2, -0.15) is 0 Å². The maximum absolute atomic E-state index is 13.2. The Morgan fingerprint density at radius 2 is 1.69 bits per heavy atom. The number of benzene rings is 2. The molecule has 1 unspecified atom stereocenters. The Balaban J connectivity index is 1.62. The molecule has 6 heteroatoms. The van der Waals surface area contributed by atoms with Crippen LogP contribution in [0.2, 0.25) is 0 Å². The lowest BCUT2D eigenvalue weighted by Crippen LogP contribution is -3.17. The second-order valence-electron chi connectivity index (χ2n) is 7.86. The monoisotopic (exact) mass is 395 g/mol. The van der Waals surface area contributed by atoms with Crippen LogP contribution in [0.25, 0.3) is 0 Å². The Morgan fingerprint density at radius 3 is 2.34 bits per heavy atom. The van der Waals surface area contributed by atoms with E-state index in [0.717, 1.165) is 34.7 Å².